The van der Waals surface area contributed by atoms with Gasteiger partial charge in [0.1, 0.15) is 11.4 Å². The van der Waals surface area contributed by atoms with Crippen LogP contribution in [0.1, 0.15) is 40.5 Å². The summed E-state index contributed by atoms with van der Waals surface area (Å²) < 4.78 is 10.7. The zero-order valence-electron chi connectivity index (χ0n) is 12.4. The van der Waals surface area contributed by atoms with Crippen molar-refractivity contribution in [3.8, 4) is 5.75 Å². The molecule has 0 fully saturated rings. The summed E-state index contributed by atoms with van der Waals surface area (Å²) in [7, 11) is 0. The van der Waals surface area contributed by atoms with Gasteiger partial charge in [-0.1, -0.05) is 13.0 Å². The molecule has 110 valence electrons. The van der Waals surface area contributed by atoms with Crippen molar-refractivity contribution in [1.82, 2.24) is 0 Å². The fourth-order valence-electron chi connectivity index (χ4n) is 1.45. The van der Waals surface area contributed by atoms with Crippen molar-refractivity contribution >= 4 is 29.0 Å². The quantitative estimate of drug-likeness (QED) is 0.828. The maximum Gasteiger partial charge on any atom is 0.412 e. The predicted molar refractivity (Wildman–Crippen MR) is 84.4 cm³/mol. The Morgan fingerprint density at radius 2 is 2.05 bits per heavy atom. The summed E-state index contributed by atoms with van der Waals surface area (Å²) in [5.74, 6) is 0.608. The molecule has 5 heteroatoms. The molecular weight excluding hydrogens is 274 g/mol. The van der Waals surface area contributed by atoms with Gasteiger partial charge in [0.05, 0.1) is 0 Å². The van der Waals surface area contributed by atoms with E-state index in [-0.39, 0.29) is 0 Å². The van der Waals surface area contributed by atoms with Crippen molar-refractivity contribution in [2.24, 2.45) is 0 Å². The summed E-state index contributed by atoms with van der Waals surface area (Å²) in [5, 5.41) is 3.20. The lowest BCUT2D eigenvalue weighted by atomic mass is 10.2. The van der Waals surface area contributed by atoms with Gasteiger partial charge in [-0.3, -0.25) is 5.32 Å². The number of anilines is 1. The first kappa shape index (κ1) is 16.4. The summed E-state index contributed by atoms with van der Waals surface area (Å²) >= 11 is 5.10. The van der Waals surface area contributed by atoms with Crippen LogP contribution in [0.15, 0.2) is 24.3 Å². The van der Waals surface area contributed by atoms with Crippen molar-refractivity contribution in [2.75, 3.05) is 5.32 Å². The maximum atomic E-state index is 11.7. The summed E-state index contributed by atoms with van der Waals surface area (Å²) in [6, 6.07) is 7.06. The van der Waals surface area contributed by atoms with Crippen LogP contribution < -0.4 is 10.1 Å². The Labute approximate surface area is 125 Å². The van der Waals surface area contributed by atoms with Crippen LogP contribution in [0.4, 0.5) is 10.5 Å². The zero-order chi connectivity index (χ0) is 15.2. The molecule has 4 nitrogen and oxygen atoms in total. The molecule has 1 amide bonds. The first-order chi connectivity index (χ1) is 9.30. The third kappa shape index (κ3) is 6.52. The Hall–Kier alpha value is -1.62. The van der Waals surface area contributed by atoms with Crippen LogP contribution >= 0.6 is 12.2 Å². The van der Waals surface area contributed by atoms with Crippen molar-refractivity contribution in [3.05, 3.63) is 24.3 Å². The highest BCUT2D eigenvalue weighted by Gasteiger charge is 2.16. The summed E-state index contributed by atoms with van der Waals surface area (Å²) in [6.07, 6.45) is 1.18. The lowest BCUT2D eigenvalue weighted by molar-refractivity contribution is 0.0636. The number of benzene rings is 1. The Bertz CT molecular complexity index is 480. The molecule has 0 unspecified atom stereocenters. The molecule has 0 spiro atoms. The predicted octanol–water partition coefficient (Wildman–Crippen LogP) is 4.54. The summed E-state index contributed by atoms with van der Waals surface area (Å²) in [5.41, 5.74) is 0.0806. The molecule has 0 aliphatic carbocycles. The van der Waals surface area contributed by atoms with Crippen LogP contribution in [0.2, 0.25) is 0 Å². The lowest BCUT2D eigenvalue weighted by Gasteiger charge is -2.19. The highest BCUT2D eigenvalue weighted by Crippen LogP contribution is 2.19. The molecule has 1 N–H and O–H groups in total. The summed E-state index contributed by atoms with van der Waals surface area (Å²) in [6.45, 7) is 7.48. The number of carbonyl (C=O) groups excluding carboxylic acids is 1. The van der Waals surface area contributed by atoms with Gasteiger partial charge in [-0.05, 0) is 51.5 Å². The molecule has 0 heterocycles. The molecule has 0 saturated heterocycles. The smallest absolute Gasteiger partial charge is 0.412 e. The molecule has 0 aliphatic rings. The van der Waals surface area contributed by atoms with E-state index >= 15 is 0 Å². The molecule has 20 heavy (non-hydrogen) atoms. The monoisotopic (exact) mass is 295 g/mol. The SMILES string of the molecule is CCCC(=S)Oc1cccc(NC(=O)OC(C)(C)C)c1. The molecule has 0 saturated carbocycles. The van der Waals surface area contributed by atoms with E-state index in [0.717, 1.165) is 12.8 Å². The molecular formula is C15H21NO3S. The number of thiocarbonyl (C=S) groups is 1. The van der Waals surface area contributed by atoms with Gasteiger partial charge in [-0.15, -0.1) is 0 Å². The molecule has 1 aromatic carbocycles. The topological polar surface area (TPSA) is 47.6 Å². The second kappa shape index (κ2) is 7.24. The van der Waals surface area contributed by atoms with E-state index < -0.39 is 11.7 Å². The second-order valence-electron chi connectivity index (χ2n) is 5.38. The molecule has 0 radical (unpaired) electrons. The van der Waals surface area contributed by atoms with E-state index in [1.54, 1.807) is 24.3 Å². The average Bonchev–Trinajstić information content (AvgIpc) is 2.26. The van der Waals surface area contributed by atoms with Gasteiger partial charge in [0.25, 0.3) is 0 Å². The van der Waals surface area contributed by atoms with Crippen LogP contribution in [-0.2, 0) is 4.74 Å². The molecule has 0 atom stereocenters. The highest BCUT2D eigenvalue weighted by molar-refractivity contribution is 7.80. The first-order valence-corrected chi connectivity index (χ1v) is 7.02. The van der Waals surface area contributed by atoms with Gasteiger partial charge in [-0.25, -0.2) is 4.79 Å². The van der Waals surface area contributed by atoms with E-state index in [2.05, 4.69) is 5.32 Å². The van der Waals surface area contributed by atoms with E-state index in [9.17, 15) is 4.79 Å². The van der Waals surface area contributed by atoms with Crippen molar-refractivity contribution in [2.45, 2.75) is 46.1 Å². The van der Waals surface area contributed by atoms with E-state index in [0.29, 0.717) is 16.5 Å². The number of ether oxygens (including phenoxy) is 2. The maximum absolute atomic E-state index is 11.7. The molecule has 0 aliphatic heterocycles. The largest absolute Gasteiger partial charge is 0.450 e. The first-order valence-electron chi connectivity index (χ1n) is 6.61. The third-order valence-electron chi connectivity index (χ3n) is 2.17. The number of carbonyl (C=O) groups is 1. The molecule has 0 aromatic heterocycles. The van der Waals surface area contributed by atoms with E-state index in [1.807, 2.05) is 27.7 Å². The summed E-state index contributed by atoms with van der Waals surface area (Å²) in [4.78, 5) is 11.7. The standard InChI is InChI=1S/C15H21NO3S/c1-5-7-13(20)18-12-9-6-8-11(10-12)16-14(17)19-15(2,3)4/h6,8-10H,5,7H2,1-4H3,(H,16,17). The van der Waals surface area contributed by atoms with Crippen LogP contribution in [0.25, 0.3) is 0 Å². The Balaban J connectivity index is 2.64. The van der Waals surface area contributed by atoms with Crippen LogP contribution in [0.3, 0.4) is 0 Å². The lowest BCUT2D eigenvalue weighted by Crippen LogP contribution is -2.27. The second-order valence-corrected chi connectivity index (χ2v) is 5.83. The van der Waals surface area contributed by atoms with Gasteiger partial charge < -0.3 is 9.47 Å². The average molecular weight is 295 g/mol. The minimum Gasteiger partial charge on any atom is -0.450 e. The molecule has 1 aromatic rings. The Morgan fingerprint density at radius 1 is 1.35 bits per heavy atom. The Morgan fingerprint density at radius 3 is 2.65 bits per heavy atom. The van der Waals surface area contributed by atoms with Gasteiger partial charge in [0.15, 0.2) is 5.05 Å². The van der Waals surface area contributed by atoms with Crippen LogP contribution in [0, 0.1) is 0 Å². The third-order valence-corrected chi connectivity index (χ3v) is 2.45. The molecule has 1 rings (SSSR count). The minimum absolute atomic E-state index is 0.495. The fourth-order valence-corrected chi connectivity index (χ4v) is 1.75. The van der Waals surface area contributed by atoms with Crippen molar-refractivity contribution in [1.29, 1.82) is 0 Å². The number of nitrogens with one attached hydrogen (secondary N) is 1. The fraction of sp³-hybridized carbons (Fsp3) is 0.467. The van der Waals surface area contributed by atoms with Gasteiger partial charge in [0, 0.05) is 18.2 Å². The molecule has 0 bridgehead atoms. The van der Waals surface area contributed by atoms with Crippen molar-refractivity contribution < 1.29 is 14.3 Å². The highest BCUT2D eigenvalue weighted by atomic mass is 32.1. The van der Waals surface area contributed by atoms with Gasteiger partial charge in [0.2, 0.25) is 0 Å². The van der Waals surface area contributed by atoms with E-state index in [1.165, 1.54) is 0 Å². The minimum atomic E-state index is -0.527. The van der Waals surface area contributed by atoms with E-state index in [4.69, 9.17) is 21.7 Å². The zero-order valence-corrected chi connectivity index (χ0v) is 13.2. The number of hydrogen-bond acceptors (Lipinski definition) is 4. The van der Waals surface area contributed by atoms with Crippen LogP contribution in [0.5, 0.6) is 5.75 Å². The van der Waals surface area contributed by atoms with Gasteiger partial charge in [-0.2, -0.15) is 0 Å². The number of amides is 1. The van der Waals surface area contributed by atoms with Crippen LogP contribution in [-0.4, -0.2) is 16.7 Å². The van der Waals surface area contributed by atoms with Gasteiger partial charge >= 0.3 is 6.09 Å². The number of rotatable bonds is 4. The van der Waals surface area contributed by atoms with Crippen molar-refractivity contribution in [3.63, 3.8) is 0 Å². The normalized spacial score (nSPS) is 10.8. The Kier molecular flexibility index (Phi) is 5.95. The number of hydrogen-bond donors (Lipinski definition) is 1.